The molecule has 2 unspecified atom stereocenters. The quantitative estimate of drug-likeness (QED) is 0.0265. The Morgan fingerprint density at radius 3 is 1.32 bits per heavy atom. The van der Waals surface area contributed by atoms with Crippen molar-refractivity contribution in [2.75, 3.05) is 19.8 Å². The maximum absolute atomic E-state index is 12.8. The molecule has 348 valence electrons. The smallest absolute Gasteiger partial charge is 0.306 e. The summed E-state index contributed by atoms with van der Waals surface area (Å²) in [6.45, 7) is 3.44. The minimum atomic E-state index is -1.59. The van der Waals surface area contributed by atoms with Crippen LogP contribution in [-0.4, -0.2) is 89.0 Å². The van der Waals surface area contributed by atoms with Crippen molar-refractivity contribution in [3.8, 4) is 0 Å². The minimum Gasteiger partial charge on any atom is -0.462 e. The van der Waals surface area contributed by atoms with Gasteiger partial charge in [0.2, 0.25) is 0 Å². The monoisotopic (exact) mass is 841 g/mol. The van der Waals surface area contributed by atoms with Gasteiger partial charge < -0.3 is 39.4 Å². The van der Waals surface area contributed by atoms with Gasteiger partial charge in [-0.15, -0.1) is 0 Å². The van der Waals surface area contributed by atoms with E-state index in [9.17, 15) is 30.0 Å². The summed E-state index contributed by atoms with van der Waals surface area (Å²) in [6.07, 6.45) is 36.5. The van der Waals surface area contributed by atoms with E-state index in [-0.39, 0.29) is 32.0 Å². The SMILES string of the molecule is CCCCCCC/C=C/CCCCCCCC(=O)O[C@@H](COC(=O)CCCCCCCCCCCCCCCCCCCCCC)CO[C@H]1O[C@@H](CO)[C@@H](O)C(O)C1O. The maximum atomic E-state index is 12.8. The number of esters is 2. The van der Waals surface area contributed by atoms with E-state index in [1.165, 1.54) is 148 Å². The summed E-state index contributed by atoms with van der Waals surface area (Å²) < 4.78 is 22.2. The predicted octanol–water partition coefficient (Wildman–Crippen LogP) is 11.1. The fraction of sp³-hybridized carbons (Fsp3) is 0.918. The fourth-order valence-electron chi connectivity index (χ4n) is 7.71. The largest absolute Gasteiger partial charge is 0.462 e. The van der Waals surface area contributed by atoms with E-state index in [1.807, 2.05) is 0 Å². The van der Waals surface area contributed by atoms with Crippen LogP contribution in [0.3, 0.4) is 0 Å². The Bertz CT molecular complexity index is 974. The van der Waals surface area contributed by atoms with Crippen LogP contribution in [0, 0.1) is 0 Å². The number of carbonyl (C=O) groups excluding carboxylic acids is 2. The first-order valence-corrected chi connectivity index (χ1v) is 24.8. The van der Waals surface area contributed by atoms with E-state index in [1.54, 1.807) is 0 Å². The second kappa shape index (κ2) is 40.5. The van der Waals surface area contributed by atoms with Gasteiger partial charge in [-0.05, 0) is 38.5 Å². The van der Waals surface area contributed by atoms with E-state index in [0.29, 0.717) is 6.42 Å². The van der Waals surface area contributed by atoms with Crippen LogP contribution in [0.4, 0.5) is 0 Å². The second-order valence-corrected chi connectivity index (χ2v) is 17.3. The van der Waals surface area contributed by atoms with Gasteiger partial charge in [0.15, 0.2) is 12.4 Å². The zero-order chi connectivity index (χ0) is 43.0. The van der Waals surface area contributed by atoms with Crippen molar-refractivity contribution in [3.63, 3.8) is 0 Å². The van der Waals surface area contributed by atoms with Crippen LogP contribution in [0.5, 0.6) is 0 Å². The van der Waals surface area contributed by atoms with Crippen molar-refractivity contribution in [2.45, 2.75) is 269 Å². The predicted molar refractivity (Wildman–Crippen MR) is 238 cm³/mol. The van der Waals surface area contributed by atoms with Gasteiger partial charge in [-0.1, -0.05) is 193 Å². The number of unbranched alkanes of at least 4 members (excludes halogenated alkanes) is 29. The first-order valence-electron chi connectivity index (χ1n) is 24.8. The van der Waals surface area contributed by atoms with Gasteiger partial charge in [0, 0.05) is 12.8 Å². The summed E-state index contributed by atoms with van der Waals surface area (Å²) in [7, 11) is 0. The van der Waals surface area contributed by atoms with E-state index in [0.717, 1.165) is 51.4 Å². The van der Waals surface area contributed by atoms with Crippen LogP contribution < -0.4 is 0 Å². The minimum absolute atomic E-state index is 0.215. The third-order valence-electron chi connectivity index (χ3n) is 11.7. The van der Waals surface area contributed by atoms with Crippen molar-refractivity contribution >= 4 is 11.9 Å². The summed E-state index contributed by atoms with van der Waals surface area (Å²) in [5, 5.41) is 40.1. The standard InChI is InChI=1S/C49H92O10/c1-3-5-7-9-11-13-15-17-19-20-21-22-23-24-26-27-29-31-33-35-37-44(51)56-40-42(41-57-49-48(55)47(54)46(53)43(39-50)59-49)58-45(52)38-36-34-32-30-28-25-18-16-14-12-10-8-6-4-2/h16,18,42-43,46-50,53-55H,3-15,17,19-41H2,1-2H3/b18-16+/t42-,43-,46+,47?,48?,49-/m0/s1. The number of carbonyl (C=O) groups is 2. The Morgan fingerprint density at radius 2 is 0.898 bits per heavy atom. The topological polar surface area (TPSA) is 152 Å². The molecular weight excluding hydrogens is 749 g/mol. The van der Waals surface area contributed by atoms with Gasteiger partial charge in [0.1, 0.15) is 31.0 Å². The van der Waals surface area contributed by atoms with E-state index in [2.05, 4.69) is 26.0 Å². The third kappa shape index (κ3) is 31.9. The molecule has 0 radical (unpaired) electrons. The molecule has 1 rings (SSSR count). The summed E-state index contributed by atoms with van der Waals surface area (Å²) in [5.74, 6) is -0.803. The summed E-state index contributed by atoms with van der Waals surface area (Å²) >= 11 is 0. The number of aliphatic hydroxyl groups excluding tert-OH is 4. The molecule has 0 spiro atoms. The second-order valence-electron chi connectivity index (χ2n) is 17.3. The van der Waals surface area contributed by atoms with Gasteiger partial charge in [-0.25, -0.2) is 0 Å². The number of hydrogen-bond acceptors (Lipinski definition) is 10. The first-order chi connectivity index (χ1) is 28.8. The van der Waals surface area contributed by atoms with Crippen molar-refractivity contribution in [2.24, 2.45) is 0 Å². The highest BCUT2D eigenvalue weighted by Crippen LogP contribution is 2.23. The van der Waals surface area contributed by atoms with Crippen molar-refractivity contribution < 1.29 is 49.0 Å². The number of hydrogen-bond donors (Lipinski definition) is 4. The summed E-state index contributed by atoms with van der Waals surface area (Å²) in [6, 6.07) is 0. The lowest BCUT2D eigenvalue weighted by Crippen LogP contribution is -2.59. The molecule has 0 amide bonds. The highest BCUT2D eigenvalue weighted by atomic mass is 16.7. The third-order valence-corrected chi connectivity index (χ3v) is 11.7. The number of aliphatic hydroxyl groups is 4. The van der Waals surface area contributed by atoms with E-state index >= 15 is 0 Å². The number of rotatable bonds is 42. The molecule has 4 N–H and O–H groups in total. The fourth-order valence-corrected chi connectivity index (χ4v) is 7.71. The molecule has 0 aromatic carbocycles. The summed E-state index contributed by atoms with van der Waals surface area (Å²) in [5.41, 5.74) is 0. The molecule has 0 aromatic rings. The van der Waals surface area contributed by atoms with E-state index in [4.69, 9.17) is 18.9 Å². The molecule has 10 nitrogen and oxygen atoms in total. The molecule has 0 aliphatic carbocycles. The molecule has 1 heterocycles. The van der Waals surface area contributed by atoms with Crippen LogP contribution in [0.15, 0.2) is 12.2 Å². The molecule has 59 heavy (non-hydrogen) atoms. The Hall–Kier alpha value is -1.56. The molecule has 1 aliphatic heterocycles. The molecule has 10 heteroatoms. The highest BCUT2D eigenvalue weighted by Gasteiger charge is 2.44. The lowest BCUT2D eigenvalue weighted by Gasteiger charge is -2.39. The van der Waals surface area contributed by atoms with Crippen molar-refractivity contribution in [1.29, 1.82) is 0 Å². The molecule has 1 saturated heterocycles. The lowest BCUT2D eigenvalue weighted by atomic mass is 9.99. The Kier molecular flexibility index (Phi) is 38.1. The molecular formula is C49H92O10. The Morgan fingerprint density at radius 1 is 0.508 bits per heavy atom. The highest BCUT2D eigenvalue weighted by molar-refractivity contribution is 5.70. The average Bonchev–Trinajstić information content (AvgIpc) is 3.23. The van der Waals surface area contributed by atoms with Gasteiger partial charge in [0.05, 0.1) is 13.2 Å². The van der Waals surface area contributed by atoms with Gasteiger partial charge in [0.25, 0.3) is 0 Å². The van der Waals surface area contributed by atoms with Gasteiger partial charge in [-0.3, -0.25) is 9.59 Å². The molecule has 0 aromatic heterocycles. The van der Waals surface area contributed by atoms with Gasteiger partial charge >= 0.3 is 11.9 Å². The van der Waals surface area contributed by atoms with Crippen LogP contribution in [0.25, 0.3) is 0 Å². The molecule has 1 aliphatic rings. The molecule has 6 atom stereocenters. The van der Waals surface area contributed by atoms with Crippen molar-refractivity contribution in [3.05, 3.63) is 12.2 Å². The summed E-state index contributed by atoms with van der Waals surface area (Å²) in [4.78, 5) is 25.4. The zero-order valence-electron chi connectivity index (χ0n) is 38.0. The van der Waals surface area contributed by atoms with Crippen LogP contribution >= 0.6 is 0 Å². The Labute approximate surface area is 361 Å². The van der Waals surface area contributed by atoms with Crippen LogP contribution in [0.1, 0.15) is 232 Å². The maximum Gasteiger partial charge on any atom is 0.306 e. The zero-order valence-corrected chi connectivity index (χ0v) is 38.0. The lowest BCUT2D eigenvalue weighted by molar-refractivity contribution is -0.305. The number of allylic oxidation sites excluding steroid dienone is 2. The van der Waals surface area contributed by atoms with E-state index < -0.39 is 49.4 Å². The molecule has 0 saturated carbocycles. The first kappa shape index (κ1) is 55.5. The molecule has 1 fully saturated rings. The Balaban J connectivity index is 2.25. The number of ether oxygens (including phenoxy) is 4. The van der Waals surface area contributed by atoms with Gasteiger partial charge in [-0.2, -0.15) is 0 Å². The van der Waals surface area contributed by atoms with Crippen LogP contribution in [0.2, 0.25) is 0 Å². The normalized spacial score (nSPS) is 20.0. The van der Waals surface area contributed by atoms with Crippen molar-refractivity contribution in [1.82, 2.24) is 0 Å². The van der Waals surface area contributed by atoms with Crippen LogP contribution in [-0.2, 0) is 28.5 Å². The molecule has 0 bridgehead atoms. The average molecular weight is 841 g/mol.